The van der Waals surface area contributed by atoms with Crippen molar-refractivity contribution in [2.45, 2.75) is 33.3 Å². The Kier molecular flexibility index (Phi) is 7.15. The summed E-state index contributed by atoms with van der Waals surface area (Å²) in [7, 11) is 0. The van der Waals surface area contributed by atoms with Crippen molar-refractivity contribution in [1.82, 2.24) is 0 Å². The van der Waals surface area contributed by atoms with Crippen molar-refractivity contribution in [2.75, 3.05) is 0 Å². The highest BCUT2D eigenvalue weighted by atomic mass is 79.9. The van der Waals surface area contributed by atoms with Crippen LogP contribution in [0.15, 0.2) is 40.9 Å². The van der Waals surface area contributed by atoms with Gasteiger partial charge in [0.1, 0.15) is 11.9 Å². The number of ether oxygens (including phenoxy) is 2. The Morgan fingerprint density at radius 3 is 2.24 bits per heavy atom. The number of rotatable bonds is 6. The molecular formula is C16H19BrO4. The average molecular weight is 355 g/mol. The van der Waals surface area contributed by atoms with Crippen LogP contribution in [0.2, 0.25) is 0 Å². The van der Waals surface area contributed by atoms with Gasteiger partial charge in [-0.3, -0.25) is 0 Å². The van der Waals surface area contributed by atoms with Crippen LogP contribution in [-0.4, -0.2) is 18.0 Å². The van der Waals surface area contributed by atoms with E-state index in [0.29, 0.717) is 5.75 Å². The predicted octanol–water partition coefficient (Wildman–Crippen LogP) is 3.89. The monoisotopic (exact) mass is 354 g/mol. The number of hydrogen-bond acceptors (Lipinski definition) is 4. The molecule has 0 aliphatic rings. The minimum Gasteiger partial charge on any atom is -0.459 e. The quantitative estimate of drug-likeness (QED) is 0.441. The maximum absolute atomic E-state index is 11.6. The molecule has 4 nitrogen and oxygen atoms in total. The van der Waals surface area contributed by atoms with Gasteiger partial charge in [0, 0.05) is 16.6 Å². The van der Waals surface area contributed by atoms with Gasteiger partial charge < -0.3 is 9.47 Å². The van der Waals surface area contributed by atoms with E-state index in [2.05, 4.69) is 15.9 Å². The van der Waals surface area contributed by atoms with Crippen LogP contribution < -0.4 is 4.74 Å². The fourth-order valence-corrected chi connectivity index (χ4v) is 1.93. The van der Waals surface area contributed by atoms with E-state index >= 15 is 0 Å². The molecule has 0 aliphatic heterocycles. The summed E-state index contributed by atoms with van der Waals surface area (Å²) < 4.78 is 11.2. The fraction of sp³-hybridized carbons (Fsp3) is 0.375. The number of halogens is 1. The van der Waals surface area contributed by atoms with E-state index in [1.807, 2.05) is 20.8 Å². The third-order valence-electron chi connectivity index (χ3n) is 2.80. The smallest absolute Gasteiger partial charge is 0.336 e. The van der Waals surface area contributed by atoms with Gasteiger partial charge in [-0.1, -0.05) is 36.7 Å². The molecule has 0 fully saturated rings. The SMILES string of the molecule is CCC(OC(=O)/C=C/C(=O)Oc1ccc(Br)cc1)C(C)C. The Labute approximate surface area is 133 Å². The molecule has 0 spiro atoms. The Balaban J connectivity index is 2.49. The first-order valence-corrected chi connectivity index (χ1v) is 7.57. The second kappa shape index (κ2) is 8.62. The molecule has 0 saturated carbocycles. The van der Waals surface area contributed by atoms with Gasteiger partial charge in [0.2, 0.25) is 0 Å². The van der Waals surface area contributed by atoms with Gasteiger partial charge in [-0.2, -0.15) is 0 Å². The van der Waals surface area contributed by atoms with Crippen LogP contribution in [0.5, 0.6) is 5.75 Å². The zero-order valence-electron chi connectivity index (χ0n) is 12.3. The molecule has 0 saturated heterocycles. The van der Waals surface area contributed by atoms with Crippen LogP contribution in [0.3, 0.4) is 0 Å². The number of hydrogen-bond donors (Lipinski definition) is 0. The van der Waals surface area contributed by atoms with Gasteiger partial charge in [0.05, 0.1) is 0 Å². The first kappa shape index (κ1) is 17.4. The summed E-state index contributed by atoms with van der Waals surface area (Å²) >= 11 is 3.29. The van der Waals surface area contributed by atoms with Crippen LogP contribution in [0.25, 0.3) is 0 Å². The Hall–Kier alpha value is -1.62. The minimum atomic E-state index is -0.619. The zero-order valence-corrected chi connectivity index (χ0v) is 13.9. The molecule has 5 heteroatoms. The van der Waals surface area contributed by atoms with Gasteiger partial charge in [-0.25, -0.2) is 9.59 Å². The van der Waals surface area contributed by atoms with Crippen molar-refractivity contribution in [3.63, 3.8) is 0 Å². The van der Waals surface area contributed by atoms with Crippen molar-refractivity contribution in [2.24, 2.45) is 5.92 Å². The van der Waals surface area contributed by atoms with E-state index in [-0.39, 0.29) is 12.0 Å². The van der Waals surface area contributed by atoms with E-state index in [4.69, 9.17) is 9.47 Å². The summed E-state index contributed by atoms with van der Waals surface area (Å²) in [6, 6.07) is 6.82. The summed E-state index contributed by atoms with van der Waals surface area (Å²) in [6.07, 6.45) is 2.74. The summed E-state index contributed by atoms with van der Waals surface area (Å²) in [6.45, 7) is 5.91. The molecule has 1 atom stereocenters. The lowest BCUT2D eigenvalue weighted by molar-refractivity contribution is -0.145. The number of carbonyl (C=O) groups is 2. The molecule has 1 aromatic carbocycles. The van der Waals surface area contributed by atoms with Crippen LogP contribution in [0.4, 0.5) is 0 Å². The van der Waals surface area contributed by atoms with Gasteiger partial charge in [0.25, 0.3) is 0 Å². The maximum Gasteiger partial charge on any atom is 0.336 e. The predicted molar refractivity (Wildman–Crippen MR) is 83.9 cm³/mol. The third kappa shape index (κ3) is 6.58. The maximum atomic E-state index is 11.6. The molecule has 0 aliphatic carbocycles. The number of carbonyl (C=O) groups excluding carboxylic acids is 2. The Morgan fingerprint density at radius 2 is 1.71 bits per heavy atom. The highest BCUT2D eigenvalue weighted by Gasteiger charge is 2.14. The lowest BCUT2D eigenvalue weighted by Gasteiger charge is -2.18. The van der Waals surface area contributed by atoms with E-state index in [1.165, 1.54) is 0 Å². The van der Waals surface area contributed by atoms with Crippen molar-refractivity contribution in [1.29, 1.82) is 0 Å². The summed E-state index contributed by atoms with van der Waals surface area (Å²) in [5.41, 5.74) is 0. The second-order valence-corrected chi connectivity index (χ2v) is 5.75. The lowest BCUT2D eigenvalue weighted by atomic mass is 10.1. The standard InChI is InChI=1S/C16H19BrO4/c1-4-14(11(2)3)21-16(19)10-9-15(18)20-13-7-5-12(17)6-8-13/h5-11,14H,4H2,1-3H3/b10-9+. The fourth-order valence-electron chi connectivity index (χ4n) is 1.67. The summed E-state index contributed by atoms with van der Waals surface area (Å²) in [5, 5.41) is 0. The third-order valence-corrected chi connectivity index (χ3v) is 3.33. The van der Waals surface area contributed by atoms with Crippen LogP contribution >= 0.6 is 15.9 Å². The topological polar surface area (TPSA) is 52.6 Å². The highest BCUT2D eigenvalue weighted by molar-refractivity contribution is 9.10. The Morgan fingerprint density at radius 1 is 1.14 bits per heavy atom. The van der Waals surface area contributed by atoms with Crippen LogP contribution in [0.1, 0.15) is 27.2 Å². The number of esters is 2. The Bertz CT molecular complexity index is 506. The first-order chi connectivity index (χ1) is 9.92. The van der Waals surface area contributed by atoms with Crippen molar-refractivity contribution < 1.29 is 19.1 Å². The zero-order chi connectivity index (χ0) is 15.8. The first-order valence-electron chi connectivity index (χ1n) is 6.78. The van der Waals surface area contributed by atoms with Crippen molar-refractivity contribution >= 4 is 27.9 Å². The second-order valence-electron chi connectivity index (χ2n) is 4.84. The molecule has 21 heavy (non-hydrogen) atoms. The van der Waals surface area contributed by atoms with Crippen LogP contribution in [0, 0.1) is 5.92 Å². The molecule has 1 aromatic rings. The van der Waals surface area contributed by atoms with Crippen molar-refractivity contribution in [3.8, 4) is 5.75 Å². The molecular weight excluding hydrogens is 336 g/mol. The normalized spacial score (nSPS) is 12.4. The molecule has 0 radical (unpaired) electrons. The molecule has 0 bridgehead atoms. The largest absolute Gasteiger partial charge is 0.459 e. The average Bonchev–Trinajstić information content (AvgIpc) is 2.44. The van der Waals surface area contributed by atoms with Crippen molar-refractivity contribution in [3.05, 3.63) is 40.9 Å². The van der Waals surface area contributed by atoms with E-state index < -0.39 is 11.9 Å². The van der Waals surface area contributed by atoms with E-state index in [9.17, 15) is 9.59 Å². The molecule has 1 rings (SSSR count). The van der Waals surface area contributed by atoms with Gasteiger partial charge in [-0.15, -0.1) is 0 Å². The van der Waals surface area contributed by atoms with Gasteiger partial charge in [0.15, 0.2) is 0 Å². The molecule has 0 heterocycles. The lowest BCUT2D eigenvalue weighted by Crippen LogP contribution is -2.21. The summed E-state index contributed by atoms with van der Waals surface area (Å²) in [4.78, 5) is 23.2. The van der Waals surface area contributed by atoms with Gasteiger partial charge >= 0.3 is 11.9 Å². The molecule has 0 N–H and O–H groups in total. The summed E-state index contributed by atoms with van der Waals surface area (Å²) in [5.74, 6) is -0.507. The van der Waals surface area contributed by atoms with E-state index in [1.54, 1.807) is 24.3 Å². The number of benzene rings is 1. The molecule has 0 aromatic heterocycles. The van der Waals surface area contributed by atoms with Gasteiger partial charge in [-0.05, 0) is 36.6 Å². The van der Waals surface area contributed by atoms with Crippen LogP contribution in [-0.2, 0) is 14.3 Å². The minimum absolute atomic E-state index is 0.148. The molecule has 1 unspecified atom stereocenters. The molecule has 0 amide bonds. The molecule has 114 valence electrons. The highest BCUT2D eigenvalue weighted by Crippen LogP contribution is 2.16. The van der Waals surface area contributed by atoms with E-state index in [0.717, 1.165) is 23.0 Å².